The van der Waals surface area contributed by atoms with E-state index in [4.69, 9.17) is 8.22 Å². The Morgan fingerprint density at radius 3 is 2.64 bits per heavy atom. The molecular formula is C10H18O. The molecule has 0 spiro atoms. The Bertz CT molecular complexity index is 319. The third-order valence-electron chi connectivity index (χ3n) is 3.51. The molecule has 1 nitrogen and oxygen atoms in total. The first-order chi connectivity index (χ1) is 7.47. The zero-order valence-electron chi connectivity index (χ0n) is 12.7. The second-order valence-corrected chi connectivity index (χ2v) is 4.37. The summed E-state index contributed by atoms with van der Waals surface area (Å²) >= 11 is 0. The van der Waals surface area contributed by atoms with Crippen molar-refractivity contribution in [1.82, 2.24) is 0 Å². The fourth-order valence-electron chi connectivity index (χ4n) is 2.68. The minimum Gasteiger partial charge on any atom is -0.392 e. The van der Waals surface area contributed by atoms with Crippen molar-refractivity contribution in [3.8, 4) is 0 Å². The maximum atomic E-state index is 10.3. The second kappa shape index (κ2) is 1.82. The summed E-state index contributed by atoms with van der Waals surface area (Å²) in [5, 5.41) is 10.3. The molecule has 2 aliphatic carbocycles. The lowest BCUT2D eigenvalue weighted by Gasteiger charge is -2.38. The summed E-state index contributed by atoms with van der Waals surface area (Å²) in [6.07, 6.45) is 0.538. The van der Waals surface area contributed by atoms with Crippen LogP contribution in [-0.4, -0.2) is 11.2 Å². The van der Waals surface area contributed by atoms with Gasteiger partial charge in [0.25, 0.3) is 0 Å². The first-order valence-electron chi connectivity index (χ1n) is 7.15. The molecule has 2 rings (SSSR count). The van der Waals surface area contributed by atoms with Crippen LogP contribution in [0.1, 0.15) is 48.1 Å². The van der Waals surface area contributed by atoms with Crippen LogP contribution in [0.15, 0.2) is 0 Å². The molecule has 64 valence electrons. The quantitative estimate of drug-likeness (QED) is 0.576. The van der Waals surface area contributed by atoms with Crippen LogP contribution in [0.25, 0.3) is 0 Å². The lowest BCUT2D eigenvalue weighted by Crippen LogP contribution is -2.39. The normalized spacial score (nSPS) is 63.8. The minimum absolute atomic E-state index is 0.428. The van der Waals surface area contributed by atoms with Crippen molar-refractivity contribution in [3.05, 3.63) is 0 Å². The fourth-order valence-corrected chi connectivity index (χ4v) is 2.68. The van der Waals surface area contributed by atoms with Crippen LogP contribution in [0.2, 0.25) is 0 Å². The van der Waals surface area contributed by atoms with Crippen LogP contribution in [0, 0.1) is 16.7 Å². The van der Waals surface area contributed by atoms with E-state index < -0.39 is 36.6 Å². The Kier molecular flexibility index (Phi) is 0.558. The van der Waals surface area contributed by atoms with Crippen LogP contribution in [0.4, 0.5) is 0 Å². The van der Waals surface area contributed by atoms with Crippen LogP contribution in [0.3, 0.4) is 0 Å². The predicted molar refractivity (Wildman–Crippen MR) is 45.2 cm³/mol. The van der Waals surface area contributed by atoms with Crippen molar-refractivity contribution < 1.29 is 13.3 Å². The third-order valence-corrected chi connectivity index (χ3v) is 3.51. The van der Waals surface area contributed by atoms with Crippen molar-refractivity contribution in [2.75, 3.05) is 0 Å². The Hall–Kier alpha value is -0.0400. The lowest BCUT2D eigenvalue weighted by molar-refractivity contribution is -0.0340. The summed E-state index contributed by atoms with van der Waals surface area (Å²) in [5.74, 6) is -0.428. The molecule has 3 atom stereocenters. The molecule has 0 aromatic heterocycles. The topological polar surface area (TPSA) is 20.2 Å². The molecule has 0 saturated heterocycles. The molecule has 2 fully saturated rings. The highest BCUT2D eigenvalue weighted by atomic mass is 16.3. The molecule has 1 heteroatoms. The predicted octanol–water partition coefficient (Wildman–Crippen LogP) is 2.19. The molecule has 2 aliphatic rings. The zero-order chi connectivity index (χ0) is 13.3. The Morgan fingerprint density at radius 2 is 2.27 bits per heavy atom. The molecule has 1 N–H and O–H groups in total. The lowest BCUT2D eigenvalue weighted by atomic mass is 9.70. The van der Waals surface area contributed by atoms with E-state index in [-0.39, 0.29) is 0 Å². The summed E-state index contributed by atoms with van der Waals surface area (Å²) in [4.78, 5) is 0. The van der Waals surface area contributed by atoms with Crippen molar-refractivity contribution in [3.63, 3.8) is 0 Å². The van der Waals surface area contributed by atoms with Gasteiger partial charge < -0.3 is 5.11 Å². The van der Waals surface area contributed by atoms with Crippen molar-refractivity contribution in [2.45, 2.75) is 46.0 Å². The SMILES string of the molecule is [2H]C([2H])([2H])C1(C([2H])([2H])[2H])C2CCC(C)(C2)C1O. The van der Waals surface area contributed by atoms with Gasteiger partial charge in [-0.15, -0.1) is 0 Å². The van der Waals surface area contributed by atoms with Crippen molar-refractivity contribution in [1.29, 1.82) is 0 Å². The Balaban J connectivity index is 2.59. The van der Waals surface area contributed by atoms with E-state index in [1.54, 1.807) is 6.92 Å². The van der Waals surface area contributed by atoms with Crippen LogP contribution >= 0.6 is 0 Å². The first-order valence-corrected chi connectivity index (χ1v) is 4.15. The van der Waals surface area contributed by atoms with Gasteiger partial charge in [-0.3, -0.25) is 0 Å². The Morgan fingerprint density at radius 1 is 1.55 bits per heavy atom. The zero-order valence-corrected chi connectivity index (χ0v) is 6.72. The van der Waals surface area contributed by atoms with E-state index in [0.717, 1.165) is 0 Å². The molecule has 0 aromatic carbocycles. The highest BCUT2D eigenvalue weighted by Gasteiger charge is 2.58. The van der Waals surface area contributed by atoms with Gasteiger partial charge in [0, 0.05) is 8.22 Å². The van der Waals surface area contributed by atoms with Gasteiger partial charge in [0.2, 0.25) is 0 Å². The fraction of sp³-hybridized carbons (Fsp3) is 1.00. The summed E-state index contributed by atoms with van der Waals surface area (Å²) in [6.45, 7) is -3.50. The van der Waals surface area contributed by atoms with E-state index in [0.29, 0.717) is 19.3 Å². The van der Waals surface area contributed by atoms with E-state index >= 15 is 0 Å². The van der Waals surface area contributed by atoms with Gasteiger partial charge >= 0.3 is 0 Å². The second-order valence-electron chi connectivity index (χ2n) is 4.37. The smallest absolute Gasteiger partial charge is 0.0647 e. The van der Waals surface area contributed by atoms with Gasteiger partial charge in [0.05, 0.1) is 6.10 Å². The first kappa shape index (κ1) is 3.37. The summed E-state index contributed by atoms with van der Waals surface area (Å²) in [7, 11) is 0. The monoisotopic (exact) mass is 160 g/mol. The molecule has 11 heavy (non-hydrogen) atoms. The summed E-state index contributed by atoms with van der Waals surface area (Å²) in [5.41, 5.74) is -2.49. The standard InChI is InChI=1S/C10H18O/c1-9(2)7-4-5-10(3,6-7)8(9)11/h7-8,11H,4-6H2,1-3H3/i1D3,2D3. The van der Waals surface area contributed by atoms with E-state index in [1.807, 2.05) is 0 Å². The van der Waals surface area contributed by atoms with Gasteiger partial charge in [0.15, 0.2) is 0 Å². The molecule has 0 amide bonds. The number of aliphatic hydroxyl groups is 1. The Labute approximate surface area is 77.2 Å². The van der Waals surface area contributed by atoms with E-state index in [2.05, 4.69) is 0 Å². The maximum Gasteiger partial charge on any atom is 0.0647 e. The number of hydrogen-bond acceptors (Lipinski definition) is 1. The van der Waals surface area contributed by atoms with Crippen LogP contribution in [0.5, 0.6) is 0 Å². The van der Waals surface area contributed by atoms with Crippen molar-refractivity contribution >= 4 is 0 Å². The number of fused-ring (bicyclic) bond motifs is 2. The van der Waals surface area contributed by atoms with Crippen LogP contribution < -0.4 is 0 Å². The van der Waals surface area contributed by atoms with Gasteiger partial charge in [0.1, 0.15) is 0 Å². The van der Waals surface area contributed by atoms with Crippen molar-refractivity contribution in [2.24, 2.45) is 16.7 Å². The molecule has 2 bridgehead atoms. The summed E-state index contributed by atoms with van der Waals surface area (Å²) < 4.78 is 45.7. The van der Waals surface area contributed by atoms with E-state index in [9.17, 15) is 5.11 Å². The number of hydrogen-bond donors (Lipinski definition) is 1. The number of aliphatic hydroxyl groups excluding tert-OH is 1. The average molecular weight is 160 g/mol. The highest BCUT2D eigenvalue weighted by molar-refractivity contribution is 5.08. The maximum absolute atomic E-state index is 10.3. The third kappa shape index (κ3) is 0.752. The van der Waals surface area contributed by atoms with Gasteiger partial charge in [-0.05, 0) is 36.0 Å². The van der Waals surface area contributed by atoms with Gasteiger partial charge in [-0.25, -0.2) is 0 Å². The van der Waals surface area contributed by atoms with E-state index in [1.165, 1.54) is 0 Å². The molecule has 0 aromatic rings. The summed E-state index contributed by atoms with van der Waals surface area (Å²) in [6, 6.07) is 0. The molecule has 0 aliphatic heterocycles. The molecule has 2 saturated carbocycles. The van der Waals surface area contributed by atoms with Crippen LogP contribution in [-0.2, 0) is 0 Å². The van der Waals surface area contributed by atoms with Gasteiger partial charge in [-0.2, -0.15) is 0 Å². The minimum atomic E-state index is -2.65. The van der Waals surface area contributed by atoms with Gasteiger partial charge in [-0.1, -0.05) is 20.6 Å². The highest BCUT2D eigenvalue weighted by Crippen LogP contribution is 2.62. The molecular weight excluding hydrogens is 136 g/mol. The molecule has 3 unspecified atom stereocenters. The largest absolute Gasteiger partial charge is 0.392 e. The molecule has 0 radical (unpaired) electrons. The average Bonchev–Trinajstić information content (AvgIpc) is 2.53. The molecule has 0 heterocycles. The number of rotatable bonds is 0.